The van der Waals surface area contributed by atoms with Crippen molar-refractivity contribution in [3.05, 3.63) is 90.9 Å². The lowest BCUT2D eigenvalue weighted by Crippen LogP contribution is -2.20. The number of para-hydroxylation sites is 1. The van der Waals surface area contributed by atoms with E-state index in [1.807, 2.05) is 54.4 Å². The van der Waals surface area contributed by atoms with Crippen LogP contribution in [0.25, 0.3) is 16.9 Å². The standard InChI is InChI=1S/C24H25N5O3S/c1-4-5-15-27-21(18-11-13-20(14-12-18)29(31)32)16-33-24(27)25-22-17(2)26(3)28(23(22)30)19-9-7-6-8-10-19/h6-14,16H,4-5,15H2,1-3H3. The highest BCUT2D eigenvalue weighted by Gasteiger charge is 2.17. The summed E-state index contributed by atoms with van der Waals surface area (Å²) in [6.07, 6.45) is 1.96. The molecule has 9 heteroatoms. The van der Waals surface area contributed by atoms with Crippen LogP contribution >= 0.6 is 11.3 Å². The number of nitrogens with zero attached hydrogens (tertiary/aromatic N) is 5. The van der Waals surface area contributed by atoms with Gasteiger partial charge in [0.25, 0.3) is 11.2 Å². The van der Waals surface area contributed by atoms with E-state index in [2.05, 4.69) is 11.5 Å². The third-order valence-electron chi connectivity index (χ3n) is 5.64. The second-order valence-electron chi connectivity index (χ2n) is 7.73. The topological polar surface area (TPSA) is 87.4 Å². The predicted molar refractivity (Wildman–Crippen MR) is 130 cm³/mol. The minimum absolute atomic E-state index is 0.0559. The number of thiazole rings is 1. The van der Waals surface area contributed by atoms with Crippen LogP contribution in [0.5, 0.6) is 0 Å². The van der Waals surface area contributed by atoms with Crippen LogP contribution in [-0.4, -0.2) is 18.9 Å². The lowest BCUT2D eigenvalue weighted by atomic mass is 10.1. The van der Waals surface area contributed by atoms with Gasteiger partial charge in [0, 0.05) is 31.1 Å². The van der Waals surface area contributed by atoms with E-state index in [-0.39, 0.29) is 11.2 Å². The Hall–Kier alpha value is -3.72. The van der Waals surface area contributed by atoms with Crippen LogP contribution in [0.3, 0.4) is 0 Å². The van der Waals surface area contributed by atoms with Gasteiger partial charge in [0.1, 0.15) is 0 Å². The first-order valence-corrected chi connectivity index (χ1v) is 11.6. The summed E-state index contributed by atoms with van der Waals surface area (Å²) < 4.78 is 5.53. The molecular weight excluding hydrogens is 438 g/mol. The maximum Gasteiger partial charge on any atom is 0.297 e. The highest BCUT2D eigenvalue weighted by atomic mass is 32.1. The Bertz CT molecular complexity index is 1410. The second-order valence-corrected chi connectivity index (χ2v) is 8.57. The predicted octanol–water partition coefficient (Wildman–Crippen LogP) is 4.96. The van der Waals surface area contributed by atoms with E-state index in [0.717, 1.165) is 46.8 Å². The van der Waals surface area contributed by atoms with Crippen LogP contribution in [0, 0.1) is 17.0 Å². The van der Waals surface area contributed by atoms with E-state index in [4.69, 9.17) is 4.99 Å². The molecule has 0 amide bonds. The number of nitro groups is 1. The highest BCUT2D eigenvalue weighted by Crippen LogP contribution is 2.24. The van der Waals surface area contributed by atoms with Crippen molar-refractivity contribution in [1.82, 2.24) is 13.9 Å². The average Bonchev–Trinajstić information content (AvgIpc) is 3.32. The lowest BCUT2D eigenvalue weighted by molar-refractivity contribution is -0.384. The Morgan fingerprint density at radius 3 is 2.42 bits per heavy atom. The van der Waals surface area contributed by atoms with E-state index >= 15 is 0 Å². The molecule has 4 rings (SSSR count). The first-order valence-electron chi connectivity index (χ1n) is 10.7. The van der Waals surface area contributed by atoms with Crippen molar-refractivity contribution in [2.45, 2.75) is 33.2 Å². The minimum Gasteiger partial charge on any atom is -0.316 e. The molecule has 0 saturated heterocycles. The molecule has 0 N–H and O–H groups in total. The third kappa shape index (κ3) is 4.31. The van der Waals surface area contributed by atoms with Gasteiger partial charge in [-0.25, -0.2) is 9.67 Å². The van der Waals surface area contributed by atoms with Gasteiger partial charge in [-0.3, -0.25) is 19.6 Å². The summed E-state index contributed by atoms with van der Waals surface area (Å²) in [7, 11) is 1.85. The van der Waals surface area contributed by atoms with Gasteiger partial charge in [-0.05, 0) is 43.2 Å². The Morgan fingerprint density at radius 1 is 1.09 bits per heavy atom. The van der Waals surface area contributed by atoms with Crippen LogP contribution in [0.1, 0.15) is 25.5 Å². The molecule has 2 heterocycles. The molecule has 2 aromatic heterocycles. The Labute approximate surface area is 194 Å². The van der Waals surface area contributed by atoms with Crippen molar-refractivity contribution < 1.29 is 4.92 Å². The van der Waals surface area contributed by atoms with Gasteiger partial charge in [-0.2, -0.15) is 0 Å². The molecule has 2 aromatic carbocycles. The number of unbranched alkanes of at least 4 members (excludes halogenated alkanes) is 1. The smallest absolute Gasteiger partial charge is 0.297 e. The van der Waals surface area contributed by atoms with Crippen LogP contribution in [0.2, 0.25) is 0 Å². The molecule has 0 fully saturated rings. The Morgan fingerprint density at radius 2 is 1.79 bits per heavy atom. The average molecular weight is 464 g/mol. The van der Waals surface area contributed by atoms with Gasteiger partial charge >= 0.3 is 0 Å². The fourth-order valence-corrected chi connectivity index (χ4v) is 4.66. The zero-order valence-corrected chi connectivity index (χ0v) is 19.6. The number of aromatic nitrogens is 3. The summed E-state index contributed by atoms with van der Waals surface area (Å²) in [6.45, 7) is 4.75. The van der Waals surface area contributed by atoms with Crippen molar-refractivity contribution in [2.75, 3.05) is 0 Å². The van der Waals surface area contributed by atoms with Crippen LogP contribution < -0.4 is 10.4 Å². The van der Waals surface area contributed by atoms with E-state index in [9.17, 15) is 14.9 Å². The largest absolute Gasteiger partial charge is 0.316 e. The fraction of sp³-hybridized carbons (Fsp3) is 0.250. The first-order chi connectivity index (χ1) is 15.9. The second kappa shape index (κ2) is 9.41. The molecule has 0 unspecified atom stereocenters. The van der Waals surface area contributed by atoms with Crippen molar-refractivity contribution in [1.29, 1.82) is 0 Å². The minimum atomic E-state index is -0.404. The molecule has 0 aliphatic rings. The summed E-state index contributed by atoms with van der Waals surface area (Å²) >= 11 is 1.46. The molecule has 0 saturated carbocycles. The molecule has 4 aromatic rings. The van der Waals surface area contributed by atoms with Gasteiger partial charge in [0.15, 0.2) is 10.5 Å². The molecule has 8 nitrogen and oxygen atoms in total. The number of hydrogen-bond donors (Lipinski definition) is 0. The summed E-state index contributed by atoms with van der Waals surface area (Å²) in [6, 6.07) is 16.0. The third-order valence-corrected chi connectivity index (χ3v) is 6.50. The van der Waals surface area contributed by atoms with Gasteiger partial charge in [-0.15, -0.1) is 11.3 Å². The zero-order valence-electron chi connectivity index (χ0n) is 18.8. The van der Waals surface area contributed by atoms with Crippen LogP contribution in [0.4, 0.5) is 11.4 Å². The maximum absolute atomic E-state index is 13.3. The Kier molecular flexibility index (Phi) is 6.41. The highest BCUT2D eigenvalue weighted by molar-refractivity contribution is 7.07. The quantitative estimate of drug-likeness (QED) is 0.287. The van der Waals surface area contributed by atoms with Crippen molar-refractivity contribution in [3.63, 3.8) is 0 Å². The number of nitro benzene ring substituents is 1. The summed E-state index contributed by atoms with van der Waals surface area (Å²) in [5, 5.41) is 13.0. The van der Waals surface area contributed by atoms with Crippen LogP contribution in [0.15, 0.2) is 69.8 Å². The molecule has 170 valence electrons. The van der Waals surface area contributed by atoms with Gasteiger partial charge in [0.05, 0.1) is 22.0 Å². The fourth-order valence-electron chi connectivity index (χ4n) is 3.71. The van der Waals surface area contributed by atoms with Gasteiger partial charge in [0.2, 0.25) is 0 Å². The SMILES string of the molecule is CCCCn1c(-c2ccc([N+](=O)[O-])cc2)csc1=Nc1c(C)n(C)n(-c2ccccc2)c1=O. The number of benzene rings is 2. The number of non-ortho nitro benzene ring substituents is 1. The lowest BCUT2D eigenvalue weighted by Gasteiger charge is -2.08. The number of hydrogen-bond acceptors (Lipinski definition) is 5. The molecule has 0 aliphatic carbocycles. The summed E-state index contributed by atoms with van der Waals surface area (Å²) in [5.41, 5.74) is 3.65. The molecule has 0 bridgehead atoms. The van der Waals surface area contributed by atoms with Crippen LogP contribution in [-0.2, 0) is 13.6 Å². The first kappa shape index (κ1) is 22.5. The summed E-state index contributed by atoms with van der Waals surface area (Å²) in [4.78, 5) is 29.4. The monoisotopic (exact) mass is 463 g/mol. The Balaban J connectivity index is 1.85. The van der Waals surface area contributed by atoms with E-state index < -0.39 is 4.92 Å². The van der Waals surface area contributed by atoms with Crippen molar-refractivity contribution >= 4 is 22.7 Å². The molecule has 0 spiro atoms. The molecule has 0 aliphatic heterocycles. The number of rotatable bonds is 7. The van der Waals surface area contributed by atoms with E-state index in [0.29, 0.717) is 5.69 Å². The zero-order chi connectivity index (χ0) is 23.5. The molecule has 0 atom stereocenters. The molecule has 0 radical (unpaired) electrons. The van der Waals surface area contributed by atoms with Crippen molar-refractivity contribution in [3.8, 4) is 16.9 Å². The van der Waals surface area contributed by atoms with Gasteiger partial charge < -0.3 is 4.57 Å². The van der Waals surface area contributed by atoms with E-state index in [1.165, 1.54) is 23.5 Å². The molecule has 33 heavy (non-hydrogen) atoms. The van der Waals surface area contributed by atoms with Gasteiger partial charge in [-0.1, -0.05) is 31.5 Å². The normalized spacial score (nSPS) is 11.8. The maximum atomic E-state index is 13.3. The van der Waals surface area contributed by atoms with Crippen molar-refractivity contribution in [2.24, 2.45) is 12.0 Å². The van der Waals surface area contributed by atoms with E-state index in [1.54, 1.807) is 16.8 Å². The summed E-state index contributed by atoms with van der Waals surface area (Å²) in [5.74, 6) is 0. The molecular formula is C24H25N5O3S.